The van der Waals surface area contributed by atoms with E-state index >= 15 is 0 Å². The van der Waals surface area contributed by atoms with Crippen molar-refractivity contribution in [3.8, 4) is 22.6 Å². The fourth-order valence-corrected chi connectivity index (χ4v) is 4.47. The molecule has 0 aliphatic carbocycles. The number of nitrogens with zero attached hydrogens (tertiary/aromatic N) is 1. The molecule has 2 N–H and O–H groups in total. The number of benzene rings is 3. The summed E-state index contributed by atoms with van der Waals surface area (Å²) < 4.78 is 28.2. The summed E-state index contributed by atoms with van der Waals surface area (Å²) >= 11 is 0. The van der Waals surface area contributed by atoms with Gasteiger partial charge in [0, 0.05) is 29.7 Å². The third-order valence-electron chi connectivity index (χ3n) is 6.25. The summed E-state index contributed by atoms with van der Waals surface area (Å²) in [5.74, 6) is 0.146. The van der Waals surface area contributed by atoms with Crippen LogP contribution in [0.1, 0.15) is 36.2 Å². The fraction of sp³-hybridized carbons (Fsp3) is 0.300. The number of hydrogen-bond donors (Lipinski definition) is 2. The van der Waals surface area contributed by atoms with E-state index in [1.54, 1.807) is 30.3 Å². The van der Waals surface area contributed by atoms with Crippen LogP contribution in [0.25, 0.3) is 22.0 Å². The third kappa shape index (κ3) is 5.94. The highest BCUT2D eigenvalue weighted by molar-refractivity contribution is 5.98. The minimum Gasteiger partial charge on any atom is -0.494 e. The van der Waals surface area contributed by atoms with Gasteiger partial charge in [0.05, 0.1) is 31.4 Å². The van der Waals surface area contributed by atoms with Crippen LogP contribution in [0.4, 0.5) is 4.39 Å². The average Bonchev–Trinajstić information content (AvgIpc) is 3.23. The highest BCUT2D eigenvalue weighted by Gasteiger charge is 2.21. The molecular formula is C30H33FN2O4. The Balaban J connectivity index is 1.63. The standard InChI is InChI=1S/C30H33FN2O4/c1-4-14-37-29-13-10-20(25-17-23(36-5-2)11-12-27(25)31)16-26(29)30(35)32-22(19-34)15-21-18-33(3)28-9-7-6-8-24(21)28/h6-13,16-18,22,34H,4-5,14-15,19H2,1-3H3,(H,32,35)/t22-/m1/s1. The quantitative estimate of drug-likeness (QED) is 0.283. The van der Waals surface area contributed by atoms with Crippen molar-refractivity contribution < 1.29 is 23.8 Å². The number of carbonyl (C=O) groups is 1. The van der Waals surface area contributed by atoms with E-state index in [9.17, 15) is 14.3 Å². The Morgan fingerprint density at radius 3 is 2.65 bits per heavy atom. The van der Waals surface area contributed by atoms with Gasteiger partial charge in [0.2, 0.25) is 0 Å². The molecule has 1 aromatic heterocycles. The largest absolute Gasteiger partial charge is 0.494 e. The molecule has 4 aromatic rings. The molecule has 0 saturated carbocycles. The smallest absolute Gasteiger partial charge is 0.255 e. The molecular weight excluding hydrogens is 471 g/mol. The van der Waals surface area contributed by atoms with Gasteiger partial charge in [-0.05, 0) is 67.3 Å². The number of hydrogen-bond acceptors (Lipinski definition) is 4. The lowest BCUT2D eigenvalue weighted by Gasteiger charge is -2.19. The first-order valence-electron chi connectivity index (χ1n) is 12.6. The number of amides is 1. The molecule has 0 radical (unpaired) electrons. The first-order chi connectivity index (χ1) is 17.9. The lowest BCUT2D eigenvalue weighted by atomic mass is 10.0. The number of halogens is 1. The summed E-state index contributed by atoms with van der Waals surface area (Å²) in [4.78, 5) is 13.5. The van der Waals surface area contributed by atoms with Gasteiger partial charge in [-0.1, -0.05) is 31.2 Å². The molecule has 37 heavy (non-hydrogen) atoms. The topological polar surface area (TPSA) is 72.7 Å². The molecule has 1 amide bonds. The van der Waals surface area contributed by atoms with Crippen LogP contribution < -0.4 is 14.8 Å². The molecule has 3 aromatic carbocycles. The van der Waals surface area contributed by atoms with E-state index in [1.165, 1.54) is 6.07 Å². The van der Waals surface area contributed by atoms with Crippen molar-refractivity contribution in [1.82, 2.24) is 9.88 Å². The zero-order valence-corrected chi connectivity index (χ0v) is 21.5. The average molecular weight is 505 g/mol. The minimum atomic E-state index is -0.515. The van der Waals surface area contributed by atoms with E-state index in [0.29, 0.717) is 42.3 Å². The summed E-state index contributed by atoms with van der Waals surface area (Å²) in [6.45, 7) is 4.51. The molecule has 0 fully saturated rings. The lowest BCUT2D eigenvalue weighted by Crippen LogP contribution is -2.39. The molecule has 0 saturated heterocycles. The first-order valence-corrected chi connectivity index (χ1v) is 12.6. The monoisotopic (exact) mass is 504 g/mol. The maximum Gasteiger partial charge on any atom is 0.255 e. The summed E-state index contributed by atoms with van der Waals surface area (Å²) in [5, 5.41) is 14.1. The zero-order valence-electron chi connectivity index (χ0n) is 21.5. The van der Waals surface area contributed by atoms with E-state index < -0.39 is 17.8 Å². The van der Waals surface area contributed by atoms with Crippen molar-refractivity contribution in [3.05, 3.63) is 83.8 Å². The van der Waals surface area contributed by atoms with Crippen molar-refractivity contribution in [2.24, 2.45) is 7.05 Å². The van der Waals surface area contributed by atoms with Crippen molar-refractivity contribution >= 4 is 16.8 Å². The minimum absolute atomic E-state index is 0.231. The van der Waals surface area contributed by atoms with Crippen LogP contribution in [0, 0.1) is 5.82 Å². The Morgan fingerprint density at radius 2 is 1.89 bits per heavy atom. The Kier molecular flexibility index (Phi) is 8.46. The number of aryl methyl sites for hydroxylation is 1. The third-order valence-corrected chi connectivity index (χ3v) is 6.25. The number of fused-ring (bicyclic) bond motifs is 1. The Bertz CT molecular complexity index is 1380. The van der Waals surface area contributed by atoms with Crippen LogP contribution in [0.15, 0.2) is 66.9 Å². The van der Waals surface area contributed by atoms with Crippen LogP contribution in [-0.2, 0) is 13.5 Å². The van der Waals surface area contributed by atoms with Crippen molar-refractivity contribution in [3.63, 3.8) is 0 Å². The van der Waals surface area contributed by atoms with Gasteiger partial charge in [0.25, 0.3) is 5.91 Å². The van der Waals surface area contributed by atoms with Crippen molar-refractivity contribution in [2.45, 2.75) is 32.7 Å². The number of carbonyl (C=O) groups excluding carboxylic acids is 1. The summed E-state index contributed by atoms with van der Waals surface area (Å²) in [7, 11) is 1.97. The Morgan fingerprint density at radius 1 is 1.08 bits per heavy atom. The van der Waals surface area contributed by atoms with Gasteiger partial charge in [-0.25, -0.2) is 4.39 Å². The zero-order chi connectivity index (χ0) is 26.4. The second-order valence-electron chi connectivity index (χ2n) is 8.97. The molecule has 1 atom stereocenters. The van der Waals surface area contributed by atoms with E-state index in [0.717, 1.165) is 22.9 Å². The number of aliphatic hydroxyl groups is 1. The molecule has 4 rings (SSSR count). The van der Waals surface area contributed by atoms with Gasteiger partial charge < -0.3 is 24.5 Å². The normalized spacial score (nSPS) is 11.9. The summed E-state index contributed by atoms with van der Waals surface area (Å²) in [6.07, 6.45) is 3.25. The van der Waals surface area contributed by atoms with Gasteiger partial charge in [-0.2, -0.15) is 0 Å². The van der Waals surface area contributed by atoms with Gasteiger partial charge in [-0.3, -0.25) is 4.79 Å². The van der Waals surface area contributed by atoms with Crippen LogP contribution >= 0.6 is 0 Å². The maximum atomic E-state index is 14.7. The first kappa shape index (κ1) is 26.2. The molecule has 6 nitrogen and oxygen atoms in total. The molecule has 0 spiro atoms. The number of para-hydroxylation sites is 1. The van der Waals surface area contributed by atoms with Crippen molar-refractivity contribution in [2.75, 3.05) is 19.8 Å². The predicted octanol–water partition coefficient (Wildman–Crippen LogP) is 5.51. The Labute approximate surface area is 216 Å². The SMILES string of the molecule is CCCOc1ccc(-c2cc(OCC)ccc2F)cc1C(=O)N[C@@H](CO)Cc1cn(C)c2ccccc12. The summed E-state index contributed by atoms with van der Waals surface area (Å²) in [5.41, 5.74) is 3.26. The number of nitrogens with one attached hydrogen (secondary N) is 1. The van der Waals surface area contributed by atoms with Crippen LogP contribution in [0.3, 0.4) is 0 Å². The van der Waals surface area contributed by atoms with Gasteiger partial charge in [-0.15, -0.1) is 0 Å². The number of rotatable bonds is 11. The molecule has 194 valence electrons. The lowest BCUT2D eigenvalue weighted by molar-refractivity contribution is 0.0912. The van der Waals surface area contributed by atoms with Gasteiger partial charge in [0.1, 0.15) is 17.3 Å². The molecule has 0 bridgehead atoms. The molecule has 0 aliphatic rings. The number of ether oxygens (including phenoxy) is 2. The van der Waals surface area contributed by atoms with Crippen LogP contribution in [-0.4, -0.2) is 41.4 Å². The van der Waals surface area contributed by atoms with Gasteiger partial charge in [0.15, 0.2) is 0 Å². The highest BCUT2D eigenvalue weighted by Crippen LogP contribution is 2.31. The second-order valence-corrected chi connectivity index (χ2v) is 8.97. The van der Waals surface area contributed by atoms with E-state index in [1.807, 2.05) is 55.9 Å². The summed E-state index contributed by atoms with van der Waals surface area (Å²) in [6, 6.07) is 17.1. The number of aromatic nitrogens is 1. The van der Waals surface area contributed by atoms with E-state index in [-0.39, 0.29) is 12.2 Å². The molecule has 1 heterocycles. The second kappa shape index (κ2) is 11.9. The maximum absolute atomic E-state index is 14.7. The number of aliphatic hydroxyl groups excluding tert-OH is 1. The fourth-order valence-electron chi connectivity index (χ4n) is 4.47. The molecule has 7 heteroatoms. The van der Waals surface area contributed by atoms with E-state index in [4.69, 9.17) is 9.47 Å². The van der Waals surface area contributed by atoms with E-state index in [2.05, 4.69) is 5.32 Å². The molecule has 0 aliphatic heterocycles. The molecule has 0 unspecified atom stereocenters. The highest BCUT2D eigenvalue weighted by atomic mass is 19.1. The van der Waals surface area contributed by atoms with Crippen LogP contribution in [0.5, 0.6) is 11.5 Å². The predicted molar refractivity (Wildman–Crippen MR) is 144 cm³/mol. The van der Waals surface area contributed by atoms with Crippen molar-refractivity contribution in [1.29, 1.82) is 0 Å². The Hall–Kier alpha value is -3.84. The van der Waals surface area contributed by atoms with Gasteiger partial charge >= 0.3 is 0 Å². The van der Waals surface area contributed by atoms with Crippen LogP contribution in [0.2, 0.25) is 0 Å².